The molecule has 0 unspecified atom stereocenters. The number of nitrogens with two attached hydrogens (primary N) is 1. The molecule has 1 fully saturated rings. The Hall–Kier alpha value is -0.130. The van der Waals surface area contributed by atoms with Gasteiger partial charge in [-0.1, -0.05) is 13.8 Å². The van der Waals surface area contributed by atoms with Gasteiger partial charge >= 0.3 is 0 Å². The second-order valence-corrected chi connectivity index (χ2v) is 6.36. The SMILES string of the molecule is CC1(C)CCN(S(=O)(=O)CN)CC1. The minimum absolute atomic E-state index is 0.270. The minimum atomic E-state index is -3.16. The van der Waals surface area contributed by atoms with Gasteiger partial charge < -0.3 is 5.73 Å². The van der Waals surface area contributed by atoms with Crippen molar-refractivity contribution in [2.24, 2.45) is 11.1 Å². The lowest BCUT2D eigenvalue weighted by Gasteiger charge is -2.35. The van der Waals surface area contributed by atoms with E-state index in [0.29, 0.717) is 13.1 Å². The van der Waals surface area contributed by atoms with Crippen molar-refractivity contribution < 1.29 is 8.42 Å². The van der Waals surface area contributed by atoms with Gasteiger partial charge in [0, 0.05) is 13.1 Å². The summed E-state index contributed by atoms with van der Waals surface area (Å²) in [6.07, 6.45) is 1.85. The predicted octanol–water partition coefficient (Wildman–Crippen LogP) is 0.354. The van der Waals surface area contributed by atoms with Gasteiger partial charge in [-0.25, -0.2) is 12.7 Å². The third-order valence-corrected chi connectivity index (χ3v) is 4.25. The molecule has 13 heavy (non-hydrogen) atoms. The van der Waals surface area contributed by atoms with E-state index < -0.39 is 10.0 Å². The summed E-state index contributed by atoms with van der Waals surface area (Å²) in [4.78, 5) is 0. The van der Waals surface area contributed by atoms with Gasteiger partial charge in [-0.3, -0.25) is 0 Å². The standard InChI is InChI=1S/C8H18N2O2S/c1-8(2)3-5-10(6-4-8)13(11,12)7-9/h3-7,9H2,1-2H3. The van der Waals surface area contributed by atoms with E-state index in [0.717, 1.165) is 12.8 Å². The van der Waals surface area contributed by atoms with Gasteiger partial charge in [-0.05, 0) is 18.3 Å². The first-order valence-corrected chi connectivity index (χ1v) is 6.16. The molecule has 0 spiro atoms. The Balaban J connectivity index is 2.61. The van der Waals surface area contributed by atoms with Crippen molar-refractivity contribution in [3.63, 3.8) is 0 Å². The zero-order valence-corrected chi connectivity index (χ0v) is 9.10. The zero-order chi connectivity index (χ0) is 10.1. The molecule has 1 rings (SSSR count). The highest BCUT2D eigenvalue weighted by Crippen LogP contribution is 2.30. The van der Waals surface area contributed by atoms with Crippen LogP contribution < -0.4 is 5.73 Å². The van der Waals surface area contributed by atoms with Crippen LogP contribution in [0.1, 0.15) is 26.7 Å². The van der Waals surface area contributed by atoms with Gasteiger partial charge in [0.15, 0.2) is 0 Å². The fourth-order valence-corrected chi connectivity index (χ4v) is 2.42. The maximum Gasteiger partial charge on any atom is 0.226 e. The number of nitrogens with zero attached hydrogens (tertiary/aromatic N) is 1. The van der Waals surface area contributed by atoms with Gasteiger partial charge in [0.25, 0.3) is 0 Å². The summed E-state index contributed by atoms with van der Waals surface area (Å²) < 4.78 is 24.2. The lowest BCUT2D eigenvalue weighted by molar-refractivity contribution is 0.196. The first-order valence-electron chi connectivity index (χ1n) is 4.55. The average Bonchev–Trinajstić information content (AvgIpc) is 2.04. The molecular weight excluding hydrogens is 188 g/mol. The third kappa shape index (κ3) is 2.65. The van der Waals surface area contributed by atoms with E-state index in [9.17, 15) is 8.42 Å². The maximum atomic E-state index is 11.4. The summed E-state index contributed by atoms with van der Waals surface area (Å²) in [5, 5.41) is 0. The van der Waals surface area contributed by atoms with Gasteiger partial charge in [0.05, 0.1) is 0 Å². The molecule has 0 aromatic heterocycles. The maximum absolute atomic E-state index is 11.4. The van der Waals surface area contributed by atoms with Crippen molar-refractivity contribution in [3.05, 3.63) is 0 Å². The Kier molecular flexibility index (Phi) is 2.99. The van der Waals surface area contributed by atoms with Crippen molar-refractivity contribution >= 4 is 10.0 Å². The number of sulfonamides is 1. The molecule has 0 saturated carbocycles. The van der Waals surface area contributed by atoms with Crippen LogP contribution in [0.15, 0.2) is 0 Å². The molecule has 0 atom stereocenters. The molecule has 5 heteroatoms. The molecule has 0 aromatic rings. The molecule has 1 aliphatic heterocycles. The number of hydrogen-bond donors (Lipinski definition) is 1. The van der Waals surface area contributed by atoms with Crippen molar-refractivity contribution in [1.29, 1.82) is 0 Å². The molecule has 78 valence electrons. The monoisotopic (exact) mass is 206 g/mol. The highest BCUT2D eigenvalue weighted by atomic mass is 32.2. The number of piperidine rings is 1. The highest BCUT2D eigenvalue weighted by molar-refractivity contribution is 7.89. The smallest absolute Gasteiger partial charge is 0.226 e. The van der Waals surface area contributed by atoms with Crippen LogP contribution >= 0.6 is 0 Å². The normalized spacial score (nSPS) is 24.5. The quantitative estimate of drug-likeness (QED) is 0.709. The predicted molar refractivity (Wildman–Crippen MR) is 52.6 cm³/mol. The van der Waals surface area contributed by atoms with Gasteiger partial charge in [-0.2, -0.15) is 0 Å². The van der Waals surface area contributed by atoms with E-state index in [1.54, 1.807) is 0 Å². The summed E-state index contributed by atoms with van der Waals surface area (Å²) in [6.45, 7) is 5.57. The number of hydrogen-bond acceptors (Lipinski definition) is 3. The summed E-state index contributed by atoms with van der Waals surface area (Å²) in [6, 6.07) is 0. The van der Waals surface area contributed by atoms with E-state index >= 15 is 0 Å². The van der Waals surface area contributed by atoms with Crippen LogP contribution in [0.4, 0.5) is 0 Å². The summed E-state index contributed by atoms with van der Waals surface area (Å²) >= 11 is 0. The molecule has 0 aromatic carbocycles. The summed E-state index contributed by atoms with van der Waals surface area (Å²) in [5.41, 5.74) is 5.45. The Morgan fingerprint density at radius 2 is 1.77 bits per heavy atom. The largest absolute Gasteiger partial charge is 0.317 e. The summed E-state index contributed by atoms with van der Waals surface area (Å²) in [5.74, 6) is -0.270. The van der Waals surface area contributed by atoms with Crippen LogP contribution in [0, 0.1) is 5.41 Å². The van der Waals surface area contributed by atoms with E-state index in [2.05, 4.69) is 13.8 Å². The fraction of sp³-hybridized carbons (Fsp3) is 1.00. The van der Waals surface area contributed by atoms with Crippen LogP contribution in [-0.2, 0) is 10.0 Å². The first-order chi connectivity index (χ1) is 5.87. The van der Waals surface area contributed by atoms with Crippen molar-refractivity contribution in [2.75, 3.05) is 19.0 Å². The molecule has 1 saturated heterocycles. The molecule has 0 amide bonds. The minimum Gasteiger partial charge on any atom is -0.317 e. The van der Waals surface area contributed by atoms with Gasteiger partial charge in [-0.15, -0.1) is 0 Å². The van der Waals surface area contributed by atoms with Gasteiger partial charge in [0.2, 0.25) is 10.0 Å². The van der Waals surface area contributed by atoms with E-state index in [-0.39, 0.29) is 11.3 Å². The molecule has 2 N–H and O–H groups in total. The van der Waals surface area contributed by atoms with Crippen molar-refractivity contribution in [1.82, 2.24) is 4.31 Å². The average molecular weight is 206 g/mol. The molecule has 0 radical (unpaired) electrons. The van der Waals surface area contributed by atoms with Crippen LogP contribution in [0.25, 0.3) is 0 Å². The molecular formula is C8H18N2O2S. The highest BCUT2D eigenvalue weighted by Gasteiger charge is 2.30. The van der Waals surface area contributed by atoms with Crippen LogP contribution in [0.2, 0.25) is 0 Å². The molecule has 4 nitrogen and oxygen atoms in total. The lowest BCUT2D eigenvalue weighted by atomic mass is 9.83. The van der Waals surface area contributed by atoms with E-state index in [4.69, 9.17) is 5.73 Å². The molecule has 1 aliphatic rings. The van der Waals surface area contributed by atoms with E-state index in [1.807, 2.05) is 0 Å². The fourth-order valence-electron chi connectivity index (χ4n) is 1.48. The third-order valence-electron chi connectivity index (χ3n) is 2.68. The second kappa shape index (κ2) is 3.55. The molecule has 0 bridgehead atoms. The number of rotatable bonds is 2. The molecule has 1 heterocycles. The Labute approximate surface area is 80.1 Å². The van der Waals surface area contributed by atoms with Crippen LogP contribution in [-0.4, -0.2) is 31.7 Å². The van der Waals surface area contributed by atoms with Crippen LogP contribution in [0.3, 0.4) is 0 Å². The second-order valence-electron chi connectivity index (χ2n) is 4.34. The Morgan fingerprint density at radius 1 is 1.31 bits per heavy atom. The van der Waals surface area contributed by atoms with Crippen molar-refractivity contribution in [2.45, 2.75) is 26.7 Å². The summed E-state index contributed by atoms with van der Waals surface area (Å²) in [7, 11) is -3.16. The van der Waals surface area contributed by atoms with Crippen LogP contribution in [0.5, 0.6) is 0 Å². The van der Waals surface area contributed by atoms with E-state index in [1.165, 1.54) is 4.31 Å². The van der Waals surface area contributed by atoms with Crippen molar-refractivity contribution in [3.8, 4) is 0 Å². The zero-order valence-electron chi connectivity index (χ0n) is 8.28. The Morgan fingerprint density at radius 3 is 2.15 bits per heavy atom. The van der Waals surface area contributed by atoms with Gasteiger partial charge in [0.1, 0.15) is 5.88 Å². The first kappa shape index (κ1) is 10.9. The topological polar surface area (TPSA) is 63.4 Å². The lowest BCUT2D eigenvalue weighted by Crippen LogP contribution is -2.43. The Bertz CT molecular complexity index is 262. The molecule has 0 aliphatic carbocycles.